The van der Waals surface area contributed by atoms with Crippen LogP contribution in [0.3, 0.4) is 0 Å². The van der Waals surface area contributed by atoms with Crippen LogP contribution in [-0.4, -0.2) is 66.3 Å². The van der Waals surface area contributed by atoms with E-state index in [-0.39, 0.29) is 30.4 Å². The van der Waals surface area contributed by atoms with Crippen LogP contribution in [-0.2, 0) is 24.4 Å². The Morgan fingerprint density at radius 2 is 1.85 bits per heavy atom. The number of carbonyl (C=O) groups is 1. The third-order valence-corrected chi connectivity index (χ3v) is 10.6. The van der Waals surface area contributed by atoms with Gasteiger partial charge in [-0.05, 0) is 87.8 Å². The molecule has 9 rings (SSSR count). The van der Waals surface area contributed by atoms with Crippen molar-refractivity contribution >= 4 is 44.4 Å². The molecule has 1 amide bonds. The lowest BCUT2D eigenvalue weighted by Gasteiger charge is -2.32. The predicted molar refractivity (Wildman–Crippen MR) is 200 cm³/mol. The van der Waals surface area contributed by atoms with Crippen molar-refractivity contribution in [2.45, 2.75) is 57.9 Å². The van der Waals surface area contributed by atoms with Gasteiger partial charge in [0.25, 0.3) is 5.91 Å². The highest BCUT2D eigenvalue weighted by Gasteiger charge is 2.26. The number of piperidine rings is 1. The Hall–Kier alpha value is -5.72. The summed E-state index contributed by atoms with van der Waals surface area (Å²) in [5.74, 6) is 1.17. The standard InChI is InChI=1S/C41H39FN8O3/c1-25-31-20-28(10-11-36(31)48-47-25)44-41(51)27-9-12-38-37(19-27)45-39(50(38)22-29-15-18-52-29)23-49-16-13-26(14-17-49)34-7-4-8-40(46-34)53-24-32-30-5-2-3-6-35(30)43-21-33(32)42/h2-12,19-21,26,29H,13-18,22-24H2,1H3,(H,44,51)(H,47,48)/t29-/m0/s1. The van der Waals surface area contributed by atoms with Crippen LogP contribution in [0.5, 0.6) is 5.88 Å². The van der Waals surface area contributed by atoms with Crippen LogP contribution in [0.2, 0.25) is 0 Å². The number of anilines is 1. The van der Waals surface area contributed by atoms with Crippen LogP contribution in [0, 0.1) is 12.7 Å². The van der Waals surface area contributed by atoms with Gasteiger partial charge in [-0.25, -0.2) is 14.4 Å². The summed E-state index contributed by atoms with van der Waals surface area (Å²) in [6, 6.07) is 24.8. The number of fused-ring (bicyclic) bond motifs is 3. The van der Waals surface area contributed by atoms with Crippen molar-refractivity contribution in [1.82, 2.24) is 34.6 Å². The van der Waals surface area contributed by atoms with Crippen LogP contribution in [0.4, 0.5) is 10.1 Å². The molecule has 268 valence electrons. The van der Waals surface area contributed by atoms with Crippen molar-refractivity contribution in [2.75, 3.05) is 25.0 Å². The number of ether oxygens (including phenoxy) is 2. The number of carbonyl (C=O) groups excluding carboxylic acids is 1. The Balaban J connectivity index is 0.873. The zero-order chi connectivity index (χ0) is 35.9. The van der Waals surface area contributed by atoms with Crippen LogP contribution in [0.15, 0.2) is 85.1 Å². The number of pyridine rings is 2. The van der Waals surface area contributed by atoms with E-state index in [4.69, 9.17) is 19.4 Å². The summed E-state index contributed by atoms with van der Waals surface area (Å²) in [5.41, 5.74) is 7.07. The molecule has 0 spiro atoms. The van der Waals surface area contributed by atoms with Gasteiger partial charge in [-0.3, -0.25) is 19.8 Å². The van der Waals surface area contributed by atoms with E-state index >= 15 is 0 Å². The molecule has 6 heterocycles. The van der Waals surface area contributed by atoms with E-state index in [0.29, 0.717) is 29.2 Å². The van der Waals surface area contributed by atoms with Crippen LogP contribution in [0.1, 0.15) is 58.3 Å². The van der Waals surface area contributed by atoms with Crippen LogP contribution >= 0.6 is 0 Å². The summed E-state index contributed by atoms with van der Waals surface area (Å²) < 4.78 is 28.8. The Labute approximate surface area is 305 Å². The van der Waals surface area contributed by atoms with Crippen molar-refractivity contribution in [1.29, 1.82) is 0 Å². The van der Waals surface area contributed by atoms with E-state index in [2.05, 4.69) is 36.0 Å². The molecular formula is C41H39FN8O3. The first-order chi connectivity index (χ1) is 25.9. The van der Waals surface area contributed by atoms with Crippen molar-refractivity contribution in [3.8, 4) is 5.88 Å². The zero-order valence-electron chi connectivity index (χ0n) is 29.4. The van der Waals surface area contributed by atoms with Gasteiger partial charge in [-0.2, -0.15) is 5.10 Å². The number of hydrogen-bond acceptors (Lipinski definition) is 8. The van der Waals surface area contributed by atoms with Gasteiger partial charge < -0.3 is 19.4 Å². The third kappa shape index (κ3) is 6.71. The van der Waals surface area contributed by atoms with Gasteiger partial charge in [-0.1, -0.05) is 24.3 Å². The number of halogens is 1. The summed E-state index contributed by atoms with van der Waals surface area (Å²) in [5, 5.41) is 12.0. The van der Waals surface area contributed by atoms with Crippen LogP contribution in [0.25, 0.3) is 32.8 Å². The third-order valence-electron chi connectivity index (χ3n) is 10.6. The maximum Gasteiger partial charge on any atom is 0.255 e. The summed E-state index contributed by atoms with van der Waals surface area (Å²) in [4.78, 5) is 29.9. The van der Waals surface area contributed by atoms with Gasteiger partial charge in [0, 0.05) is 51.9 Å². The fourth-order valence-electron chi connectivity index (χ4n) is 7.50. The number of imidazole rings is 1. The molecule has 0 saturated carbocycles. The van der Waals surface area contributed by atoms with Gasteiger partial charge in [0.2, 0.25) is 5.88 Å². The number of H-pyrrole nitrogens is 1. The minimum absolute atomic E-state index is 0.0742. The molecule has 2 N–H and O–H groups in total. The molecule has 0 aliphatic carbocycles. The normalized spacial score (nSPS) is 16.7. The number of nitrogens with zero attached hydrogens (tertiary/aromatic N) is 6. The molecular weight excluding hydrogens is 672 g/mol. The lowest BCUT2D eigenvalue weighted by atomic mass is 9.93. The predicted octanol–water partition coefficient (Wildman–Crippen LogP) is 7.30. The minimum Gasteiger partial charge on any atom is -0.473 e. The van der Waals surface area contributed by atoms with Gasteiger partial charge in [-0.15, -0.1) is 0 Å². The number of aryl methyl sites for hydroxylation is 1. The van der Waals surface area contributed by atoms with Gasteiger partial charge >= 0.3 is 0 Å². The fourth-order valence-corrected chi connectivity index (χ4v) is 7.50. The number of hydrogen-bond donors (Lipinski definition) is 2. The number of aromatic amines is 1. The molecule has 2 fully saturated rings. The fraction of sp³-hybridized carbons (Fsp3) is 0.293. The number of nitrogens with one attached hydrogen (secondary N) is 2. The van der Waals surface area contributed by atoms with E-state index in [9.17, 15) is 9.18 Å². The highest BCUT2D eigenvalue weighted by atomic mass is 19.1. The molecule has 7 aromatic rings. The number of aromatic nitrogens is 6. The number of benzene rings is 3. The second kappa shape index (κ2) is 14.0. The van der Waals surface area contributed by atoms with Crippen molar-refractivity contribution in [2.24, 2.45) is 0 Å². The first-order valence-corrected chi connectivity index (χ1v) is 18.2. The van der Waals surface area contributed by atoms with Crippen molar-refractivity contribution in [3.05, 3.63) is 119 Å². The van der Waals surface area contributed by atoms with Crippen molar-refractivity contribution in [3.63, 3.8) is 0 Å². The SMILES string of the molecule is Cc1n[nH]c2ccc(NC(=O)c3ccc4c(c3)nc(CN3CCC(c5cccc(OCc6c(F)cnc7ccccc67)n5)CC3)n4C[C@@H]3CCO3)cc12. The number of para-hydroxylation sites is 1. The molecule has 53 heavy (non-hydrogen) atoms. The van der Waals surface area contributed by atoms with E-state index in [1.54, 1.807) is 0 Å². The molecule has 1 atom stereocenters. The zero-order valence-corrected chi connectivity index (χ0v) is 29.4. The average molecular weight is 711 g/mol. The Kier molecular flexibility index (Phi) is 8.76. The van der Waals surface area contributed by atoms with Crippen molar-refractivity contribution < 1.29 is 18.7 Å². The summed E-state index contributed by atoms with van der Waals surface area (Å²) in [6.07, 6.45) is 4.32. The first kappa shape index (κ1) is 33.1. The van der Waals surface area contributed by atoms with Gasteiger partial charge in [0.05, 0.1) is 53.2 Å². The Morgan fingerprint density at radius 3 is 2.70 bits per heavy atom. The monoisotopic (exact) mass is 710 g/mol. The molecule has 0 radical (unpaired) electrons. The molecule has 4 aromatic heterocycles. The minimum atomic E-state index is -0.387. The lowest BCUT2D eigenvalue weighted by molar-refractivity contribution is -0.0592. The second-order valence-corrected chi connectivity index (χ2v) is 14.0. The van der Waals surface area contributed by atoms with Gasteiger partial charge in [0.15, 0.2) is 0 Å². The molecule has 3 aromatic carbocycles. The highest BCUT2D eigenvalue weighted by Crippen LogP contribution is 2.31. The topological polar surface area (TPSA) is 123 Å². The molecule has 2 saturated heterocycles. The highest BCUT2D eigenvalue weighted by molar-refractivity contribution is 6.06. The molecule has 11 nitrogen and oxygen atoms in total. The second-order valence-electron chi connectivity index (χ2n) is 14.0. The van der Waals surface area contributed by atoms with E-state index in [0.717, 1.165) is 95.6 Å². The maximum atomic E-state index is 14.7. The van der Waals surface area contributed by atoms with E-state index in [1.165, 1.54) is 6.20 Å². The lowest BCUT2D eigenvalue weighted by Crippen LogP contribution is -2.35. The van der Waals surface area contributed by atoms with Crippen LogP contribution < -0.4 is 10.1 Å². The molecule has 2 aliphatic heterocycles. The first-order valence-electron chi connectivity index (χ1n) is 18.2. The molecule has 0 bridgehead atoms. The summed E-state index contributed by atoms with van der Waals surface area (Å²) in [7, 11) is 0. The smallest absolute Gasteiger partial charge is 0.255 e. The Bertz CT molecular complexity index is 2470. The summed E-state index contributed by atoms with van der Waals surface area (Å²) in [6.45, 7) is 6.01. The molecule has 2 aliphatic rings. The average Bonchev–Trinajstić information content (AvgIpc) is 3.71. The number of likely N-dealkylation sites (tertiary alicyclic amines) is 1. The van der Waals surface area contributed by atoms with E-state index in [1.807, 2.05) is 79.7 Å². The largest absolute Gasteiger partial charge is 0.473 e. The molecule has 0 unspecified atom stereocenters. The Morgan fingerprint density at radius 1 is 0.981 bits per heavy atom. The number of amides is 1. The summed E-state index contributed by atoms with van der Waals surface area (Å²) >= 11 is 0. The van der Waals surface area contributed by atoms with E-state index < -0.39 is 0 Å². The maximum absolute atomic E-state index is 14.7. The van der Waals surface area contributed by atoms with Gasteiger partial charge in [0.1, 0.15) is 18.2 Å². The quantitative estimate of drug-likeness (QED) is 0.152. The molecule has 12 heteroatoms. The number of rotatable bonds is 10.